The second kappa shape index (κ2) is 8.61. The molecule has 1 aliphatic rings. The van der Waals surface area contributed by atoms with Crippen molar-refractivity contribution in [3.8, 4) is 5.69 Å². The Labute approximate surface area is 202 Å². The zero-order chi connectivity index (χ0) is 23.1. The first-order valence-corrected chi connectivity index (χ1v) is 11.4. The molecule has 33 heavy (non-hydrogen) atoms. The monoisotopic (exact) mass is 476 g/mol. The van der Waals surface area contributed by atoms with E-state index in [1.807, 2.05) is 42.5 Å². The topological polar surface area (TPSA) is 33.1 Å². The Morgan fingerprint density at radius 3 is 2.45 bits per heavy atom. The molecule has 0 radical (unpaired) electrons. The lowest BCUT2D eigenvalue weighted by Gasteiger charge is -2.28. The third-order valence-electron chi connectivity index (χ3n) is 6.06. The molecule has 0 bridgehead atoms. The summed E-state index contributed by atoms with van der Waals surface area (Å²) in [6, 6.07) is 22.0. The third-order valence-corrected chi connectivity index (χ3v) is 6.61. The highest BCUT2D eigenvalue weighted by atomic mass is 35.5. The summed E-state index contributed by atoms with van der Waals surface area (Å²) in [7, 11) is 0. The van der Waals surface area contributed by atoms with Gasteiger partial charge in [-0.25, -0.2) is 4.39 Å². The lowest BCUT2D eigenvalue weighted by Crippen LogP contribution is -2.29. The van der Waals surface area contributed by atoms with E-state index in [4.69, 9.17) is 23.8 Å². The van der Waals surface area contributed by atoms with Gasteiger partial charge < -0.3 is 14.8 Å². The molecule has 1 saturated heterocycles. The Kier molecular flexibility index (Phi) is 5.64. The van der Waals surface area contributed by atoms with Crippen molar-refractivity contribution in [2.75, 3.05) is 4.90 Å². The van der Waals surface area contributed by atoms with E-state index in [0.29, 0.717) is 10.1 Å². The molecule has 2 atom stereocenters. The highest BCUT2D eigenvalue weighted by Crippen LogP contribution is 2.43. The zero-order valence-electron chi connectivity index (χ0n) is 18.2. The quantitative estimate of drug-likeness (QED) is 0.343. The predicted molar refractivity (Wildman–Crippen MR) is 135 cm³/mol. The van der Waals surface area contributed by atoms with E-state index < -0.39 is 0 Å². The minimum absolute atomic E-state index is 0.169. The summed E-state index contributed by atoms with van der Waals surface area (Å²) in [5.74, 6) is -0.284. The van der Waals surface area contributed by atoms with Crippen molar-refractivity contribution in [1.82, 2.24) is 14.9 Å². The molecule has 1 fully saturated rings. The van der Waals surface area contributed by atoms with Crippen molar-refractivity contribution in [2.24, 2.45) is 0 Å². The number of benzene rings is 2. The normalized spacial score (nSPS) is 17.9. The number of hydrogen-bond acceptors (Lipinski definition) is 2. The Bertz CT molecular complexity index is 1320. The van der Waals surface area contributed by atoms with E-state index in [0.717, 1.165) is 34.0 Å². The van der Waals surface area contributed by atoms with Crippen molar-refractivity contribution in [3.05, 3.63) is 112 Å². The number of anilines is 1. The maximum atomic E-state index is 13.7. The minimum atomic E-state index is -0.284. The molecule has 0 unspecified atom stereocenters. The molecule has 0 spiro atoms. The first-order chi connectivity index (χ1) is 15.9. The summed E-state index contributed by atoms with van der Waals surface area (Å²) < 4.78 is 15.9. The molecule has 1 N–H and O–H groups in total. The second-order valence-corrected chi connectivity index (χ2v) is 8.94. The van der Waals surface area contributed by atoms with Crippen molar-refractivity contribution in [2.45, 2.75) is 25.9 Å². The molecular weight excluding hydrogens is 455 g/mol. The van der Waals surface area contributed by atoms with Crippen molar-refractivity contribution in [1.29, 1.82) is 0 Å². The van der Waals surface area contributed by atoms with E-state index in [2.05, 4.69) is 39.7 Å². The van der Waals surface area contributed by atoms with E-state index in [9.17, 15) is 4.39 Å². The molecule has 5 rings (SSSR count). The van der Waals surface area contributed by atoms with Crippen LogP contribution in [-0.4, -0.2) is 14.7 Å². The number of halogens is 2. The molecule has 4 aromatic rings. The summed E-state index contributed by atoms with van der Waals surface area (Å²) >= 11 is 12.1. The van der Waals surface area contributed by atoms with Crippen LogP contribution in [-0.2, 0) is 0 Å². The predicted octanol–water partition coefficient (Wildman–Crippen LogP) is 6.46. The number of hydrogen-bond donors (Lipinski definition) is 1. The summed E-state index contributed by atoms with van der Waals surface area (Å²) in [6.45, 7) is 4.18. The Balaban J connectivity index is 1.68. The SMILES string of the molecule is Cc1cc([C@H]2[C@@H](c3ccccn3)NC(=S)N2c2ccc(F)cc2)c(C)n1-c1cccc(Cl)c1. The molecular formula is C26H22ClFN4S. The van der Waals surface area contributed by atoms with Crippen LogP contribution in [0.3, 0.4) is 0 Å². The number of pyridine rings is 1. The van der Waals surface area contributed by atoms with Gasteiger partial charge in [-0.3, -0.25) is 4.98 Å². The van der Waals surface area contributed by atoms with Gasteiger partial charge in [0.25, 0.3) is 0 Å². The number of thiocarbonyl (C=S) groups is 1. The van der Waals surface area contributed by atoms with E-state index in [-0.39, 0.29) is 17.9 Å². The standard InChI is InChI=1S/C26H22ClFN4S/c1-16-14-22(17(2)31(16)21-7-5-6-18(27)15-21)25-24(23-8-3-4-13-29-23)30-26(33)32(25)20-11-9-19(28)10-12-20/h3-15,24-25H,1-2H3,(H,30,33)/t24-,25+/m1/s1. The van der Waals surface area contributed by atoms with E-state index in [1.165, 1.54) is 12.1 Å². The van der Waals surface area contributed by atoms with Crippen LogP contribution in [0.2, 0.25) is 5.02 Å². The summed E-state index contributed by atoms with van der Waals surface area (Å²) in [5, 5.41) is 4.72. The summed E-state index contributed by atoms with van der Waals surface area (Å²) in [6.07, 6.45) is 1.78. The maximum absolute atomic E-state index is 13.7. The molecule has 0 saturated carbocycles. The second-order valence-electron chi connectivity index (χ2n) is 8.11. The van der Waals surface area contributed by atoms with Crippen LogP contribution in [0, 0.1) is 19.7 Å². The summed E-state index contributed by atoms with van der Waals surface area (Å²) in [4.78, 5) is 6.66. The first kappa shape index (κ1) is 21.6. The van der Waals surface area contributed by atoms with Gasteiger partial charge in [0.05, 0.1) is 17.8 Å². The fourth-order valence-corrected chi connectivity index (χ4v) is 5.18. The molecule has 4 nitrogen and oxygen atoms in total. The lowest BCUT2D eigenvalue weighted by atomic mass is 9.96. The molecule has 2 aromatic heterocycles. The Morgan fingerprint density at radius 2 is 1.76 bits per heavy atom. The number of rotatable bonds is 4. The van der Waals surface area contributed by atoms with Crippen LogP contribution in [0.25, 0.3) is 5.69 Å². The lowest BCUT2D eigenvalue weighted by molar-refractivity contribution is 0.565. The fourth-order valence-electron chi connectivity index (χ4n) is 4.65. The molecule has 7 heteroatoms. The van der Waals surface area contributed by atoms with Crippen LogP contribution >= 0.6 is 23.8 Å². The Morgan fingerprint density at radius 1 is 0.970 bits per heavy atom. The molecule has 0 aliphatic carbocycles. The average Bonchev–Trinajstić information content (AvgIpc) is 3.30. The molecule has 2 aromatic carbocycles. The van der Waals surface area contributed by atoms with Gasteiger partial charge in [-0.05, 0) is 92.3 Å². The van der Waals surface area contributed by atoms with Crippen LogP contribution in [0.15, 0.2) is 79.0 Å². The van der Waals surface area contributed by atoms with Crippen LogP contribution in [0.4, 0.5) is 10.1 Å². The van der Waals surface area contributed by atoms with Gasteiger partial charge in [-0.15, -0.1) is 0 Å². The van der Waals surface area contributed by atoms with Crippen LogP contribution in [0.5, 0.6) is 0 Å². The number of aromatic nitrogens is 2. The zero-order valence-corrected chi connectivity index (χ0v) is 19.7. The Hall–Kier alpha value is -3.22. The first-order valence-electron chi connectivity index (χ1n) is 10.6. The van der Waals surface area contributed by atoms with Crippen LogP contribution in [0.1, 0.15) is 34.7 Å². The highest BCUT2D eigenvalue weighted by Gasteiger charge is 2.42. The van der Waals surface area contributed by atoms with Gasteiger partial charge in [0, 0.05) is 34.0 Å². The van der Waals surface area contributed by atoms with Gasteiger partial charge in [0.15, 0.2) is 5.11 Å². The smallest absolute Gasteiger partial charge is 0.174 e. The number of nitrogens with one attached hydrogen (secondary N) is 1. The summed E-state index contributed by atoms with van der Waals surface area (Å²) in [5.41, 5.74) is 5.99. The molecule has 1 aliphatic heterocycles. The average molecular weight is 477 g/mol. The van der Waals surface area contributed by atoms with Crippen molar-refractivity contribution in [3.63, 3.8) is 0 Å². The van der Waals surface area contributed by atoms with Gasteiger partial charge in [0.2, 0.25) is 0 Å². The number of aryl methyl sites for hydroxylation is 1. The van der Waals surface area contributed by atoms with Gasteiger partial charge in [-0.1, -0.05) is 23.7 Å². The number of nitrogens with zero attached hydrogens (tertiary/aromatic N) is 3. The molecule has 166 valence electrons. The van der Waals surface area contributed by atoms with E-state index in [1.54, 1.807) is 18.3 Å². The van der Waals surface area contributed by atoms with Crippen LogP contribution < -0.4 is 10.2 Å². The molecule has 3 heterocycles. The fraction of sp³-hybridized carbons (Fsp3) is 0.154. The largest absolute Gasteiger partial charge is 0.351 e. The molecule has 0 amide bonds. The van der Waals surface area contributed by atoms with Gasteiger partial charge in [0.1, 0.15) is 5.82 Å². The van der Waals surface area contributed by atoms with Gasteiger partial charge in [-0.2, -0.15) is 0 Å². The van der Waals surface area contributed by atoms with Crippen molar-refractivity contribution < 1.29 is 4.39 Å². The van der Waals surface area contributed by atoms with E-state index >= 15 is 0 Å². The third kappa shape index (κ3) is 3.90. The van der Waals surface area contributed by atoms with Crippen molar-refractivity contribution >= 4 is 34.6 Å². The van der Waals surface area contributed by atoms with Gasteiger partial charge >= 0.3 is 0 Å². The minimum Gasteiger partial charge on any atom is -0.351 e. The highest BCUT2D eigenvalue weighted by molar-refractivity contribution is 7.80. The maximum Gasteiger partial charge on any atom is 0.174 e.